The highest BCUT2D eigenvalue weighted by atomic mass is 14.6. The lowest BCUT2D eigenvalue weighted by molar-refractivity contribution is 1.25. The predicted octanol–water partition coefficient (Wildman–Crippen LogP) is 2.27. The van der Waals surface area contributed by atoms with Gasteiger partial charge in [0.25, 0.3) is 0 Å². The molecule has 1 heterocycles. The average molecular weight is 174 g/mol. The van der Waals surface area contributed by atoms with Crippen LogP contribution in [0.25, 0.3) is 5.57 Å². The Hall–Kier alpha value is -1.57. The number of nitrogens with two attached hydrogens (primary N) is 1. The van der Waals surface area contributed by atoms with Crippen LogP contribution in [0.2, 0.25) is 0 Å². The van der Waals surface area contributed by atoms with Crippen LogP contribution in [0.3, 0.4) is 0 Å². The maximum Gasteiger partial charge on any atom is 0.0346 e. The summed E-state index contributed by atoms with van der Waals surface area (Å²) >= 11 is 0. The highest BCUT2D eigenvalue weighted by Crippen LogP contribution is 2.15. The van der Waals surface area contributed by atoms with Crippen LogP contribution >= 0.6 is 0 Å². The first-order valence-corrected chi connectivity index (χ1v) is 4.24. The molecular formula is C11H14N2. The Balaban J connectivity index is 3.06. The number of hydrogen-bond donors (Lipinski definition) is 1. The number of aromatic nitrogens is 1. The summed E-state index contributed by atoms with van der Waals surface area (Å²) in [5, 5.41) is 0. The molecule has 0 fully saturated rings. The van der Waals surface area contributed by atoms with Crippen molar-refractivity contribution < 1.29 is 0 Å². The van der Waals surface area contributed by atoms with E-state index in [0.29, 0.717) is 0 Å². The van der Waals surface area contributed by atoms with Crippen molar-refractivity contribution in [3.8, 4) is 0 Å². The van der Waals surface area contributed by atoms with Gasteiger partial charge < -0.3 is 5.73 Å². The van der Waals surface area contributed by atoms with Crippen LogP contribution in [0.4, 0.5) is 0 Å². The molecule has 0 unspecified atom stereocenters. The third-order valence-corrected chi connectivity index (χ3v) is 1.80. The Morgan fingerprint density at radius 3 is 2.77 bits per heavy atom. The standard InChI is InChI=1S/C11H14N2/c1-3-10(4-5-12)11-6-9(2)7-13-8-11/h3-8H,12H2,1-2H3/b5-4-,10-3+. The van der Waals surface area contributed by atoms with Gasteiger partial charge in [-0.15, -0.1) is 0 Å². The molecule has 0 bridgehead atoms. The van der Waals surface area contributed by atoms with Gasteiger partial charge in [0.1, 0.15) is 0 Å². The Bertz CT molecular complexity index is 338. The summed E-state index contributed by atoms with van der Waals surface area (Å²) in [4.78, 5) is 4.12. The van der Waals surface area contributed by atoms with Gasteiger partial charge in [-0.2, -0.15) is 0 Å². The van der Waals surface area contributed by atoms with Gasteiger partial charge >= 0.3 is 0 Å². The fourth-order valence-electron chi connectivity index (χ4n) is 1.18. The van der Waals surface area contributed by atoms with Crippen LogP contribution in [-0.4, -0.2) is 4.98 Å². The van der Waals surface area contributed by atoms with E-state index >= 15 is 0 Å². The smallest absolute Gasteiger partial charge is 0.0346 e. The van der Waals surface area contributed by atoms with Crippen molar-refractivity contribution in [3.63, 3.8) is 0 Å². The van der Waals surface area contributed by atoms with Crippen molar-refractivity contribution in [2.45, 2.75) is 13.8 Å². The number of allylic oxidation sites excluding steroid dienone is 3. The lowest BCUT2D eigenvalue weighted by Gasteiger charge is -2.01. The normalized spacial score (nSPS) is 12.3. The van der Waals surface area contributed by atoms with Crippen molar-refractivity contribution in [2.24, 2.45) is 5.73 Å². The molecule has 2 nitrogen and oxygen atoms in total. The Morgan fingerprint density at radius 1 is 1.46 bits per heavy atom. The summed E-state index contributed by atoms with van der Waals surface area (Å²) in [6, 6.07) is 2.09. The molecule has 0 aliphatic carbocycles. The van der Waals surface area contributed by atoms with Crippen LogP contribution in [0, 0.1) is 6.92 Å². The van der Waals surface area contributed by atoms with Crippen LogP contribution in [0.1, 0.15) is 18.1 Å². The summed E-state index contributed by atoms with van der Waals surface area (Å²) in [6.45, 7) is 4.01. The largest absolute Gasteiger partial charge is 0.405 e. The minimum Gasteiger partial charge on any atom is -0.405 e. The Labute approximate surface area is 78.8 Å². The van der Waals surface area contributed by atoms with Crippen LogP contribution < -0.4 is 5.73 Å². The number of hydrogen-bond acceptors (Lipinski definition) is 2. The molecule has 0 saturated heterocycles. The molecule has 2 N–H and O–H groups in total. The van der Waals surface area contributed by atoms with Crippen molar-refractivity contribution in [1.29, 1.82) is 0 Å². The average Bonchev–Trinajstić information content (AvgIpc) is 2.14. The third-order valence-electron chi connectivity index (χ3n) is 1.80. The van der Waals surface area contributed by atoms with Crippen molar-refractivity contribution in [2.75, 3.05) is 0 Å². The molecular weight excluding hydrogens is 160 g/mol. The maximum atomic E-state index is 5.34. The summed E-state index contributed by atoms with van der Waals surface area (Å²) < 4.78 is 0. The van der Waals surface area contributed by atoms with E-state index in [2.05, 4.69) is 11.1 Å². The molecule has 68 valence electrons. The van der Waals surface area contributed by atoms with Gasteiger partial charge in [0, 0.05) is 12.4 Å². The number of rotatable bonds is 2. The van der Waals surface area contributed by atoms with Gasteiger partial charge in [-0.25, -0.2) is 0 Å². The quantitative estimate of drug-likeness (QED) is 0.698. The van der Waals surface area contributed by atoms with E-state index in [0.717, 1.165) is 16.7 Å². The molecule has 0 atom stereocenters. The second-order valence-electron chi connectivity index (χ2n) is 2.85. The fourth-order valence-corrected chi connectivity index (χ4v) is 1.18. The number of pyridine rings is 1. The molecule has 2 heteroatoms. The third kappa shape index (κ3) is 2.44. The molecule has 1 aromatic rings. The minimum absolute atomic E-state index is 1.10. The summed E-state index contributed by atoms with van der Waals surface area (Å²) in [6.07, 6.45) is 9.10. The highest BCUT2D eigenvalue weighted by Gasteiger charge is 1.96. The molecule has 0 spiro atoms. The first-order valence-electron chi connectivity index (χ1n) is 4.24. The second kappa shape index (κ2) is 4.45. The van der Waals surface area contributed by atoms with E-state index < -0.39 is 0 Å². The van der Waals surface area contributed by atoms with Crippen LogP contribution in [0.15, 0.2) is 36.8 Å². The SMILES string of the molecule is C/C=C(\C=C/N)c1cncc(C)c1. The molecule has 0 saturated carbocycles. The fraction of sp³-hybridized carbons (Fsp3) is 0.182. The van der Waals surface area contributed by atoms with Crippen molar-refractivity contribution in [3.05, 3.63) is 47.9 Å². The number of nitrogens with zero attached hydrogens (tertiary/aromatic N) is 1. The van der Waals surface area contributed by atoms with Crippen molar-refractivity contribution in [1.82, 2.24) is 4.98 Å². The topological polar surface area (TPSA) is 38.9 Å². The van der Waals surface area contributed by atoms with Gasteiger partial charge in [0.05, 0.1) is 0 Å². The molecule has 0 aliphatic rings. The zero-order valence-corrected chi connectivity index (χ0v) is 7.99. The Kier molecular flexibility index (Phi) is 3.26. The second-order valence-corrected chi connectivity index (χ2v) is 2.85. The zero-order chi connectivity index (χ0) is 9.68. The predicted molar refractivity (Wildman–Crippen MR) is 56.0 cm³/mol. The molecule has 0 radical (unpaired) electrons. The minimum atomic E-state index is 1.10. The Morgan fingerprint density at radius 2 is 2.23 bits per heavy atom. The first-order chi connectivity index (χ1) is 6.27. The molecule has 0 aromatic carbocycles. The van der Waals surface area contributed by atoms with E-state index in [9.17, 15) is 0 Å². The lowest BCUT2D eigenvalue weighted by atomic mass is 10.1. The molecule has 13 heavy (non-hydrogen) atoms. The lowest BCUT2D eigenvalue weighted by Crippen LogP contribution is -1.86. The van der Waals surface area contributed by atoms with Gasteiger partial charge in [-0.3, -0.25) is 4.98 Å². The van der Waals surface area contributed by atoms with Gasteiger partial charge in [0.2, 0.25) is 0 Å². The van der Waals surface area contributed by atoms with Gasteiger partial charge in [-0.05, 0) is 48.9 Å². The van der Waals surface area contributed by atoms with E-state index in [1.165, 1.54) is 6.20 Å². The maximum absolute atomic E-state index is 5.34. The monoisotopic (exact) mass is 174 g/mol. The molecule has 0 aliphatic heterocycles. The molecule has 1 aromatic heterocycles. The van der Waals surface area contributed by atoms with E-state index in [1.807, 2.05) is 38.4 Å². The van der Waals surface area contributed by atoms with Gasteiger partial charge in [0.15, 0.2) is 0 Å². The summed E-state index contributed by atoms with van der Waals surface area (Å²) in [7, 11) is 0. The summed E-state index contributed by atoms with van der Waals surface area (Å²) in [5.74, 6) is 0. The first kappa shape index (κ1) is 9.52. The van der Waals surface area contributed by atoms with Crippen LogP contribution in [0.5, 0.6) is 0 Å². The highest BCUT2D eigenvalue weighted by molar-refractivity contribution is 5.73. The summed E-state index contributed by atoms with van der Waals surface area (Å²) in [5.41, 5.74) is 8.69. The van der Waals surface area contributed by atoms with Crippen molar-refractivity contribution >= 4 is 5.57 Å². The van der Waals surface area contributed by atoms with E-state index in [1.54, 1.807) is 0 Å². The molecule has 0 amide bonds. The van der Waals surface area contributed by atoms with Crippen LogP contribution in [-0.2, 0) is 0 Å². The van der Waals surface area contributed by atoms with E-state index in [4.69, 9.17) is 5.73 Å². The number of aryl methyl sites for hydroxylation is 1. The molecule has 1 rings (SSSR count). The zero-order valence-electron chi connectivity index (χ0n) is 7.99. The van der Waals surface area contributed by atoms with E-state index in [-0.39, 0.29) is 0 Å². The van der Waals surface area contributed by atoms with Gasteiger partial charge in [-0.1, -0.05) is 6.08 Å².